The van der Waals surface area contributed by atoms with Crippen LogP contribution < -0.4 is 5.32 Å². The van der Waals surface area contributed by atoms with Crippen LogP contribution in [0.5, 0.6) is 0 Å². The lowest BCUT2D eigenvalue weighted by atomic mass is 10.0. The number of phosphoric ester groups is 1. The first-order chi connectivity index (χ1) is 35.0. The molecule has 0 heterocycles. The second kappa shape index (κ2) is 54.5. The number of allylic oxidation sites excluding steroid dienone is 5. The van der Waals surface area contributed by atoms with Crippen molar-refractivity contribution in [3.63, 3.8) is 0 Å². The number of aliphatic hydroxyl groups is 1. The number of unbranched alkanes of at least 4 members (excludes halogenated alkanes) is 41. The Morgan fingerprint density at radius 2 is 0.764 bits per heavy atom. The third-order valence-corrected chi connectivity index (χ3v) is 15.3. The summed E-state index contributed by atoms with van der Waals surface area (Å²) in [6, 6.07) is -0.861. The number of likely N-dealkylation sites (N-methyl/N-ethyl adjacent to an activating group) is 1. The molecule has 0 spiro atoms. The predicted octanol–water partition coefficient (Wildman–Crippen LogP) is 19.3. The molecule has 0 saturated heterocycles. The van der Waals surface area contributed by atoms with E-state index in [1.807, 2.05) is 27.2 Å². The van der Waals surface area contributed by atoms with E-state index in [9.17, 15) is 19.4 Å². The molecule has 0 aromatic rings. The zero-order chi connectivity index (χ0) is 52.7. The summed E-state index contributed by atoms with van der Waals surface area (Å²) in [5.41, 5.74) is 0. The van der Waals surface area contributed by atoms with Gasteiger partial charge in [0.15, 0.2) is 0 Å². The van der Waals surface area contributed by atoms with Crippen LogP contribution in [0.25, 0.3) is 0 Å². The van der Waals surface area contributed by atoms with Crippen LogP contribution in [0.2, 0.25) is 0 Å². The summed E-state index contributed by atoms with van der Waals surface area (Å²) in [6.45, 7) is 4.82. The number of nitrogens with one attached hydrogen (secondary N) is 1. The smallest absolute Gasteiger partial charge is 0.387 e. The van der Waals surface area contributed by atoms with Crippen molar-refractivity contribution in [2.24, 2.45) is 0 Å². The molecule has 0 fully saturated rings. The molecule has 426 valence electrons. The van der Waals surface area contributed by atoms with E-state index in [-0.39, 0.29) is 19.1 Å². The van der Waals surface area contributed by atoms with Crippen LogP contribution >= 0.6 is 7.82 Å². The van der Waals surface area contributed by atoms with Gasteiger partial charge in [0, 0.05) is 6.42 Å². The number of quaternary nitrogens is 1. The summed E-state index contributed by atoms with van der Waals surface area (Å²) < 4.78 is 23.7. The van der Waals surface area contributed by atoms with Gasteiger partial charge in [0.2, 0.25) is 5.91 Å². The highest BCUT2D eigenvalue weighted by molar-refractivity contribution is 7.47. The molecule has 0 rings (SSSR count). The minimum Gasteiger partial charge on any atom is -0.387 e. The molecule has 0 aliphatic rings. The highest BCUT2D eigenvalue weighted by Crippen LogP contribution is 2.43. The Labute approximate surface area is 448 Å². The van der Waals surface area contributed by atoms with Crippen LogP contribution in [-0.4, -0.2) is 73.4 Å². The minimum atomic E-state index is -4.35. The Hall–Kier alpha value is -1.28. The van der Waals surface area contributed by atoms with Gasteiger partial charge < -0.3 is 19.8 Å². The van der Waals surface area contributed by atoms with Crippen molar-refractivity contribution in [2.45, 2.75) is 321 Å². The summed E-state index contributed by atoms with van der Waals surface area (Å²) in [4.78, 5) is 23.3. The average Bonchev–Trinajstić information content (AvgIpc) is 3.34. The van der Waals surface area contributed by atoms with Crippen LogP contribution in [0.4, 0.5) is 0 Å². The number of phosphoric acid groups is 1. The zero-order valence-electron chi connectivity index (χ0n) is 48.7. The van der Waals surface area contributed by atoms with E-state index >= 15 is 0 Å². The molecule has 3 atom stereocenters. The number of rotatable bonds is 58. The van der Waals surface area contributed by atoms with Gasteiger partial charge >= 0.3 is 7.82 Å². The largest absolute Gasteiger partial charge is 0.472 e. The topological polar surface area (TPSA) is 105 Å². The van der Waals surface area contributed by atoms with Gasteiger partial charge in [-0.3, -0.25) is 13.8 Å². The second-order valence-corrected chi connectivity index (χ2v) is 24.2. The van der Waals surface area contributed by atoms with Crippen molar-refractivity contribution in [1.82, 2.24) is 5.32 Å². The van der Waals surface area contributed by atoms with Crippen LogP contribution in [0.15, 0.2) is 36.5 Å². The lowest BCUT2D eigenvalue weighted by Crippen LogP contribution is -2.45. The van der Waals surface area contributed by atoms with E-state index in [1.165, 1.54) is 250 Å². The van der Waals surface area contributed by atoms with Crippen molar-refractivity contribution in [2.75, 3.05) is 40.9 Å². The maximum Gasteiger partial charge on any atom is 0.472 e. The molecular formula is C63H124N2O6P+. The van der Waals surface area contributed by atoms with E-state index in [1.54, 1.807) is 6.08 Å². The number of carbonyl (C=O) groups excluding carboxylic acids is 1. The second-order valence-electron chi connectivity index (χ2n) is 22.8. The number of aliphatic hydroxyl groups excluding tert-OH is 1. The molecule has 0 aromatic heterocycles. The fraction of sp³-hybridized carbons (Fsp3) is 0.889. The van der Waals surface area contributed by atoms with Crippen LogP contribution in [-0.2, 0) is 18.4 Å². The molecule has 0 bridgehead atoms. The molecule has 9 heteroatoms. The molecule has 72 heavy (non-hydrogen) atoms. The van der Waals surface area contributed by atoms with Crippen molar-refractivity contribution >= 4 is 13.7 Å². The van der Waals surface area contributed by atoms with Crippen LogP contribution in [0.1, 0.15) is 309 Å². The Morgan fingerprint density at radius 1 is 0.458 bits per heavy atom. The first kappa shape index (κ1) is 70.7. The first-order valence-corrected chi connectivity index (χ1v) is 32.9. The molecule has 3 unspecified atom stereocenters. The highest BCUT2D eigenvalue weighted by Gasteiger charge is 2.27. The van der Waals surface area contributed by atoms with E-state index in [0.717, 1.165) is 38.5 Å². The molecule has 1 amide bonds. The number of carbonyl (C=O) groups is 1. The summed E-state index contributed by atoms with van der Waals surface area (Å²) in [7, 11) is 1.57. The molecule has 0 aliphatic heterocycles. The molecule has 0 aliphatic carbocycles. The number of hydrogen-bond donors (Lipinski definition) is 3. The van der Waals surface area contributed by atoms with Crippen molar-refractivity contribution in [3.8, 4) is 0 Å². The van der Waals surface area contributed by atoms with Gasteiger partial charge in [0.1, 0.15) is 13.2 Å². The van der Waals surface area contributed by atoms with Gasteiger partial charge in [-0.25, -0.2) is 4.57 Å². The van der Waals surface area contributed by atoms with Gasteiger partial charge in [-0.15, -0.1) is 0 Å². The molecule has 0 saturated carbocycles. The number of hydrogen-bond acceptors (Lipinski definition) is 5. The van der Waals surface area contributed by atoms with E-state index in [4.69, 9.17) is 9.05 Å². The summed E-state index contributed by atoms with van der Waals surface area (Å²) in [5, 5.41) is 13.9. The maximum atomic E-state index is 13.0. The molecule has 8 nitrogen and oxygen atoms in total. The predicted molar refractivity (Wildman–Crippen MR) is 314 cm³/mol. The number of amides is 1. The average molecular weight is 1040 g/mol. The lowest BCUT2D eigenvalue weighted by molar-refractivity contribution is -0.870. The van der Waals surface area contributed by atoms with Gasteiger partial charge in [0.05, 0.1) is 39.9 Å². The third kappa shape index (κ3) is 56.4. The Bertz CT molecular complexity index is 1270. The standard InChI is InChI=1S/C63H123N2O6P/c1-6-8-10-12-14-16-18-20-22-23-24-25-26-27-28-29-30-31-32-33-34-35-36-37-38-39-40-41-43-45-47-49-51-53-55-57-63(67)64-61(60-71-72(68,69)70-59-58-65(3,4)5)62(66)56-54-52-50-48-46-44-42-21-19-17-15-13-11-9-7-2/h23-24,46,48,54,56,61-62,66H,6-22,25-45,47,49-53,55,57-60H2,1-5H3,(H-,64,67,68,69)/p+1/b24-23-,48-46+,56-54+. The van der Waals surface area contributed by atoms with Crippen molar-refractivity contribution in [3.05, 3.63) is 36.5 Å². The Kier molecular flexibility index (Phi) is 53.5. The highest BCUT2D eigenvalue weighted by atomic mass is 31.2. The van der Waals surface area contributed by atoms with Gasteiger partial charge in [-0.1, -0.05) is 281 Å². The van der Waals surface area contributed by atoms with E-state index < -0.39 is 20.0 Å². The summed E-state index contributed by atoms with van der Waals surface area (Å²) >= 11 is 0. The summed E-state index contributed by atoms with van der Waals surface area (Å²) in [6.07, 6.45) is 71.4. The zero-order valence-corrected chi connectivity index (χ0v) is 49.6. The molecule has 3 N–H and O–H groups in total. The summed E-state index contributed by atoms with van der Waals surface area (Å²) in [5.74, 6) is -0.182. The Morgan fingerprint density at radius 3 is 1.11 bits per heavy atom. The van der Waals surface area contributed by atoms with Gasteiger partial charge in [-0.2, -0.15) is 0 Å². The van der Waals surface area contributed by atoms with E-state index in [2.05, 4.69) is 43.5 Å². The quantitative estimate of drug-likeness (QED) is 0.0243. The normalized spacial score (nSPS) is 14.0. The lowest BCUT2D eigenvalue weighted by Gasteiger charge is -2.25. The van der Waals surface area contributed by atoms with Crippen molar-refractivity contribution < 1.29 is 32.9 Å². The molecular weight excluding hydrogens is 912 g/mol. The minimum absolute atomic E-state index is 0.0578. The maximum absolute atomic E-state index is 13.0. The third-order valence-electron chi connectivity index (χ3n) is 14.3. The van der Waals surface area contributed by atoms with Gasteiger partial charge in [0.25, 0.3) is 0 Å². The SMILES string of the molecule is CCCCCCCCCC/C=C\CCCCCCCCCCCCCCCCCCCCCCCCCC(=O)NC(COP(=O)(O)OCC[N+](C)(C)C)C(O)/C=C/CC/C=C/CCCCCCCCCCC. The molecule has 0 radical (unpaired) electrons. The fourth-order valence-electron chi connectivity index (χ4n) is 9.41. The number of nitrogens with zero attached hydrogens (tertiary/aromatic N) is 1. The molecule has 0 aromatic carbocycles. The van der Waals surface area contributed by atoms with Crippen molar-refractivity contribution in [1.29, 1.82) is 0 Å². The monoisotopic (exact) mass is 1040 g/mol. The first-order valence-electron chi connectivity index (χ1n) is 31.4. The van der Waals surface area contributed by atoms with E-state index in [0.29, 0.717) is 17.4 Å². The van der Waals surface area contributed by atoms with Crippen LogP contribution in [0, 0.1) is 0 Å². The van der Waals surface area contributed by atoms with Crippen LogP contribution in [0.3, 0.4) is 0 Å². The van der Waals surface area contributed by atoms with Gasteiger partial charge in [-0.05, 0) is 57.8 Å². The Balaban J connectivity index is 3.97. The fourth-order valence-corrected chi connectivity index (χ4v) is 10.1.